The predicted octanol–water partition coefficient (Wildman–Crippen LogP) is 4.93. The van der Waals surface area contributed by atoms with Crippen molar-refractivity contribution >= 4 is 29.1 Å². The molecule has 0 bridgehead atoms. The number of halogens is 1. The Labute approximate surface area is 187 Å². The summed E-state index contributed by atoms with van der Waals surface area (Å²) in [4.78, 5) is 19.2. The summed E-state index contributed by atoms with van der Waals surface area (Å²) in [5.74, 6) is 0.903. The second-order valence-corrected chi connectivity index (χ2v) is 9.80. The standard InChI is InChI=1S/C24H28ClN3O3/c1-24(2,3)13-17(23(29)30)19-14-28(11-10-26-19)22-16-6-4-5-7-20(16)31-21-9-8-15(25)12-18(21)27-22/h4-9,12,17,19,26H,10-11,13-14H2,1-3H3,(H,29,30)/t17-,19?/m0/s1. The summed E-state index contributed by atoms with van der Waals surface area (Å²) < 4.78 is 6.15. The number of para-hydroxylation sites is 1. The highest BCUT2D eigenvalue weighted by molar-refractivity contribution is 6.31. The third kappa shape index (κ3) is 4.86. The summed E-state index contributed by atoms with van der Waals surface area (Å²) in [7, 11) is 0. The highest BCUT2D eigenvalue weighted by atomic mass is 35.5. The van der Waals surface area contributed by atoms with Gasteiger partial charge in [0, 0.05) is 30.7 Å². The number of nitrogens with one attached hydrogen (secondary N) is 1. The molecule has 0 saturated carbocycles. The first-order valence-corrected chi connectivity index (χ1v) is 11.0. The zero-order valence-electron chi connectivity index (χ0n) is 18.1. The van der Waals surface area contributed by atoms with E-state index in [-0.39, 0.29) is 11.5 Å². The average molecular weight is 442 g/mol. The number of hydrogen-bond acceptors (Lipinski definition) is 5. The highest BCUT2D eigenvalue weighted by Gasteiger charge is 2.36. The van der Waals surface area contributed by atoms with Gasteiger partial charge in [-0.1, -0.05) is 44.5 Å². The first-order chi connectivity index (χ1) is 14.7. The SMILES string of the molecule is CC(C)(C)C[C@H](C(=O)O)C1CN(C2=Nc3cc(Cl)ccc3Oc3ccccc32)CCN1. The van der Waals surface area contributed by atoms with E-state index in [0.29, 0.717) is 36.0 Å². The van der Waals surface area contributed by atoms with E-state index >= 15 is 0 Å². The lowest BCUT2D eigenvalue weighted by Gasteiger charge is -2.39. The smallest absolute Gasteiger partial charge is 0.308 e. The number of amidine groups is 1. The van der Waals surface area contributed by atoms with Crippen molar-refractivity contribution in [3.05, 3.63) is 53.1 Å². The summed E-state index contributed by atoms with van der Waals surface area (Å²) in [6.07, 6.45) is 0.596. The van der Waals surface area contributed by atoms with E-state index in [0.717, 1.165) is 23.7 Å². The lowest BCUT2D eigenvalue weighted by molar-refractivity contribution is -0.144. The predicted molar refractivity (Wildman–Crippen MR) is 123 cm³/mol. The minimum Gasteiger partial charge on any atom is -0.481 e. The number of carboxylic acids is 1. The van der Waals surface area contributed by atoms with Crippen LogP contribution in [0.5, 0.6) is 11.5 Å². The Bertz CT molecular complexity index is 1020. The van der Waals surface area contributed by atoms with Crippen molar-refractivity contribution in [2.75, 3.05) is 19.6 Å². The van der Waals surface area contributed by atoms with Gasteiger partial charge in [0.1, 0.15) is 17.3 Å². The van der Waals surface area contributed by atoms with Crippen molar-refractivity contribution in [1.29, 1.82) is 0 Å². The fraction of sp³-hybridized carbons (Fsp3) is 0.417. The topological polar surface area (TPSA) is 74.2 Å². The molecule has 4 rings (SSSR count). The van der Waals surface area contributed by atoms with Gasteiger partial charge < -0.3 is 20.1 Å². The molecule has 0 radical (unpaired) electrons. The number of aliphatic imine (C=N–C) groups is 1. The van der Waals surface area contributed by atoms with Crippen LogP contribution in [0.25, 0.3) is 0 Å². The van der Waals surface area contributed by atoms with Gasteiger partial charge in [-0.25, -0.2) is 4.99 Å². The first-order valence-electron chi connectivity index (χ1n) is 10.6. The maximum Gasteiger partial charge on any atom is 0.308 e. The number of fused-ring (bicyclic) bond motifs is 2. The number of carbonyl (C=O) groups is 1. The number of ether oxygens (including phenoxy) is 1. The number of carboxylic acid groups (broad SMARTS) is 1. The van der Waals surface area contributed by atoms with Gasteiger partial charge in [-0.3, -0.25) is 4.79 Å². The molecule has 164 valence electrons. The number of benzene rings is 2. The van der Waals surface area contributed by atoms with Crippen LogP contribution in [-0.2, 0) is 4.79 Å². The summed E-state index contributed by atoms with van der Waals surface area (Å²) in [6, 6.07) is 13.0. The van der Waals surface area contributed by atoms with Crippen LogP contribution < -0.4 is 10.1 Å². The average Bonchev–Trinajstić information content (AvgIpc) is 2.88. The molecule has 2 aromatic rings. The van der Waals surface area contributed by atoms with Crippen LogP contribution in [-0.4, -0.2) is 47.5 Å². The fourth-order valence-electron chi connectivity index (χ4n) is 4.24. The molecule has 0 aliphatic carbocycles. The monoisotopic (exact) mass is 441 g/mol. The molecular weight excluding hydrogens is 414 g/mol. The Kier molecular flexibility index (Phi) is 5.95. The molecule has 1 unspecified atom stereocenters. The molecule has 2 aliphatic rings. The van der Waals surface area contributed by atoms with Crippen molar-refractivity contribution < 1.29 is 14.6 Å². The number of rotatable bonds is 3. The molecule has 7 heteroatoms. The molecule has 1 saturated heterocycles. The van der Waals surface area contributed by atoms with Crippen LogP contribution in [0, 0.1) is 11.3 Å². The van der Waals surface area contributed by atoms with Crippen LogP contribution in [0.1, 0.15) is 32.8 Å². The van der Waals surface area contributed by atoms with Gasteiger partial charge >= 0.3 is 5.97 Å². The molecule has 1 fully saturated rings. The molecule has 31 heavy (non-hydrogen) atoms. The van der Waals surface area contributed by atoms with Gasteiger partial charge in [-0.15, -0.1) is 0 Å². The van der Waals surface area contributed by atoms with Gasteiger partial charge in [0.2, 0.25) is 0 Å². The molecule has 0 aromatic heterocycles. The number of piperazine rings is 1. The summed E-state index contributed by atoms with van der Waals surface area (Å²) in [5, 5.41) is 13.9. The summed E-state index contributed by atoms with van der Waals surface area (Å²) >= 11 is 6.22. The number of nitrogens with zero attached hydrogens (tertiary/aromatic N) is 2. The molecule has 2 atom stereocenters. The molecule has 0 amide bonds. The van der Waals surface area contributed by atoms with Crippen molar-refractivity contribution in [1.82, 2.24) is 10.2 Å². The normalized spacial score (nSPS) is 19.4. The third-order valence-electron chi connectivity index (χ3n) is 5.64. The zero-order chi connectivity index (χ0) is 22.2. The fourth-order valence-corrected chi connectivity index (χ4v) is 4.41. The van der Waals surface area contributed by atoms with Gasteiger partial charge in [-0.05, 0) is 42.2 Å². The van der Waals surface area contributed by atoms with Gasteiger partial charge in [0.05, 0.1) is 11.5 Å². The lowest BCUT2D eigenvalue weighted by Crippen LogP contribution is -2.57. The molecular formula is C24H28ClN3O3. The van der Waals surface area contributed by atoms with E-state index in [2.05, 4.69) is 31.0 Å². The zero-order valence-corrected chi connectivity index (χ0v) is 18.8. The molecule has 2 aromatic carbocycles. The van der Waals surface area contributed by atoms with Gasteiger partial charge in [0.25, 0.3) is 0 Å². The molecule has 6 nitrogen and oxygen atoms in total. The summed E-state index contributed by atoms with van der Waals surface area (Å²) in [6.45, 7) is 8.19. The Balaban J connectivity index is 1.71. The van der Waals surface area contributed by atoms with Crippen molar-refractivity contribution in [3.8, 4) is 11.5 Å². The minimum atomic E-state index is -0.766. The molecule has 2 heterocycles. The van der Waals surface area contributed by atoms with Crippen LogP contribution in [0.2, 0.25) is 5.02 Å². The third-order valence-corrected chi connectivity index (χ3v) is 5.87. The Morgan fingerprint density at radius 2 is 2.06 bits per heavy atom. The minimum absolute atomic E-state index is 0.0804. The van der Waals surface area contributed by atoms with Crippen molar-refractivity contribution in [3.63, 3.8) is 0 Å². The number of aliphatic carboxylic acids is 1. The molecule has 2 aliphatic heterocycles. The van der Waals surface area contributed by atoms with E-state index in [9.17, 15) is 9.90 Å². The highest BCUT2D eigenvalue weighted by Crippen LogP contribution is 2.39. The number of hydrogen-bond donors (Lipinski definition) is 2. The van der Waals surface area contributed by atoms with Crippen molar-refractivity contribution in [2.45, 2.75) is 33.2 Å². The quantitative estimate of drug-likeness (QED) is 0.706. The maximum atomic E-state index is 12.1. The Morgan fingerprint density at radius 1 is 1.29 bits per heavy atom. The summed E-state index contributed by atoms with van der Waals surface area (Å²) in [5.41, 5.74) is 1.47. The van der Waals surface area contributed by atoms with E-state index in [1.807, 2.05) is 30.3 Å². The lowest BCUT2D eigenvalue weighted by atomic mass is 9.80. The van der Waals surface area contributed by atoms with E-state index in [4.69, 9.17) is 21.3 Å². The van der Waals surface area contributed by atoms with Crippen LogP contribution in [0.4, 0.5) is 5.69 Å². The van der Waals surface area contributed by atoms with Crippen molar-refractivity contribution in [2.24, 2.45) is 16.3 Å². The second-order valence-electron chi connectivity index (χ2n) is 9.36. The van der Waals surface area contributed by atoms with Crippen LogP contribution >= 0.6 is 11.6 Å². The van der Waals surface area contributed by atoms with E-state index < -0.39 is 11.9 Å². The van der Waals surface area contributed by atoms with Gasteiger partial charge in [0.15, 0.2) is 5.75 Å². The molecule has 2 N–H and O–H groups in total. The van der Waals surface area contributed by atoms with Crippen LogP contribution in [0.15, 0.2) is 47.5 Å². The Morgan fingerprint density at radius 3 is 2.81 bits per heavy atom. The first kappa shape index (κ1) is 21.7. The van der Waals surface area contributed by atoms with E-state index in [1.165, 1.54) is 0 Å². The maximum absolute atomic E-state index is 12.1. The molecule has 0 spiro atoms. The van der Waals surface area contributed by atoms with Crippen LogP contribution in [0.3, 0.4) is 0 Å². The Hall–Kier alpha value is -2.57. The second kappa shape index (κ2) is 8.52. The largest absolute Gasteiger partial charge is 0.481 e. The van der Waals surface area contributed by atoms with E-state index in [1.54, 1.807) is 12.1 Å². The van der Waals surface area contributed by atoms with Gasteiger partial charge in [-0.2, -0.15) is 0 Å².